The average Bonchev–Trinajstić information content (AvgIpc) is 2.91. The van der Waals surface area contributed by atoms with Gasteiger partial charge in [-0.2, -0.15) is 0 Å². The maximum atomic E-state index is 11.5. The highest BCUT2D eigenvalue weighted by atomic mass is 16.5. The zero-order chi connectivity index (χ0) is 13.6. The molecule has 0 bridgehead atoms. The Morgan fingerprint density at radius 3 is 3.00 bits per heavy atom. The number of aromatic nitrogens is 3. The first kappa shape index (κ1) is 11.7. The van der Waals surface area contributed by atoms with Crippen LogP contribution >= 0.6 is 0 Å². The molecule has 0 radical (unpaired) electrons. The molecule has 2 aliphatic rings. The van der Waals surface area contributed by atoms with E-state index in [-0.39, 0.29) is 17.6 Å². The van der Waals surface area contributed by atoms with Crippen molar-refractivity contribution < 1.29 is 19.4 Å². The van der Waals surface area contributed by atoms with Gasteiger partial charge in [-0.1, -0.05) is 10.3 Å². The zero-order valence-electron chi connectivity index (χ0n) is 10.2. The van der Waals surface area contributed by atoms with Crippen molar-refractivity contribution in [2.45, 2.75) is 25.8 Å². The summed E-state index contributed by atoms with van der Waals surface area (Å²) in [4.78, 5) is 24.1. The molecular formula is C11H12N4O4. The predicted octanol–water partition coefficient (Wildman–Crippen LogP) is -0.0654. The molecule has 3 rings (SSSR count). The molecule has 0 saturated carbocycles. The highest BCUT2D eigenvalue weighted by Gasteiger charge is 2.48. The van der Waals surface area contributed by atoms with E-state index in [9.17, 15) is 14.7 Å². The number of hydrogen-bond donors (Lipinski definition) is 1. The number of carboxylic acid groups (broad SMARTS) is 1. The van der Waals surface area contributed by atoms with E-state index in [1.165, 1.54) is 15.8 Å². The lowest BCUT2D eigenvalue weighted by molar-refractivity contribution is -0.147. The Morgan fingerprint density at radius 2 is 2.37 bits per heavy atom. The molecule has 1 N–H and O–H groups in total. The first-order valence-electron chi connectivity index (χ1n) is 5.95. The van der Waals surface area contributed by atoms with Crippen LogP contribution in [0.3, 0.4) is 0 Å². The Kier molecular flexibility index (Phi) is 2.51. The molecule has 1 aromatic rings. The van der Waals surface area contributed by atoms with Gasteiger partial charge in [-0.3, -0.25) is 4.79 Å². The van der Waals surface area contributed by atoms with E-state index >= 15 is 0 Å². The normalized spacial score (nSPS) is 21.4. The molecule has 0 aromatic carbocycles. The smallest absolute Gasteiger partial charge is 0.354 e. The first-order chi connectivity index (χ1) is 9.11. The highest BCUT2D eigenvalue weighted by molar-refractivity contribution is 6.02. The van der Waals surface area contributed by atoms with Crippen LogP contribution in [0.1, 0.15) is 19.8 Å². The number of β-lactam (4-membered cyclic amide) rings is 1. The summed E-state index contributed by atoms with van der Waals surface area (Å²) in [6.45, 7) is 2.28. The number of carbonyl (C=O) groups excluding carboxylic acids is 1. The van der Waals surface area contributed by atoms with Crippen molar-refractivity contribution in [3.63, 3.8) is 0 Å². The Bertz CT molecular complexity index is 591. The van der Waals surface area contributed by atoms with Gasteiger partial charge < -0.3 is 14.7 Å². The molecule has 1 amide bonds. The molecule has 0 aliphatic carbocycles. The minimum Gasteiger partial charge on any atom is -0.477 e. The van der Waals surface area contributed by atoms with Crippen molar-refractivity contribution in [1.29, 1.82) is 0 Å². The highest BCUT2D eigenvalue weighted by Crippen LogP contribution is 2.40. The molecule has 0 spiro atoms. The molecule has 1 atom stereocenters. The summed E-state index contributed by atoms with van der Waals surface area (Å²) in [6, 6.07) is -0.0617. The number of aliphatic carboxylic acids is 1. The summed E-state index contributed by atoms with van der Waals surface area (Å²) >= 11 is 0. The number of ether oxygens (including phenoxy) is 1. The van der Waals surface area contributed by atoms with Gasteiger partial charge in [0.25, 0.3) is 5.88 Å². The third-order valence-electron chi connectivity index (χ3n) is 3.23. The minimum absolute atomic E-state index is 0.00537. The number of rotatable bonds is 4. The Hall–Kier alpha value is -2.38. The minimum atomic E-state index is -1.13. The van der Waals surface area contributed by atoms with Crippen molar-refractivity contribution in [2.24, 2.45) is 0 Å². The van der Waals surface area contributed by atoms with E-state index in [1.54, 1.807) is 0 Å². The largest absolute Gasteiger partial charge is 0.477 e. The number of hydrogen-bond acceptors (Lipinski definition) is 5. The summed E-state index contributed by atoms with van der Waals surface area (Å²) in [5.41, 5.74) is 0.469. The molecule has 8 heteroatoms. The maximum Gasteiger partial charge on any atom is 0.354 e. The van der Waals surface area contributed by atoms with Gasteiger partial charge >= 0.3 is 5.97 Å². The van der Waals surface area contributed by atoms with Crippen LogP contribution in [-0.2, 0) is 9.59 Å². The number of nitrogens with zero attached hydrogens (tertiary/aromatic N) is 4. The van der Waals surface area contributed by atoms with Crippen molar-refractivity contribution >= 4 is 17.6 Å². The van der Waals surface area contributed by atoms with Crippen LogP contribution in [0.15, 0.2) is 11.9 Å². The lowest BCUT2D eigenvalue weighted by Crippen LogP contribution is -2.49. The van der Waals surface area contributed by atoms with Gasteiger partial charge in [0.05, 0.1) is 24.5 Å². The monoisotopic (exact) mass is 264 g/mol. The number of fused-ring (bicyclic) bond motifs is 1. The van der Waals surface area contributed by atoms with Crippen LogP contribution in [0, 0.1) is 0 Å². The van der Waals surface area contributed by atoms with Crippen LogP contribution in [0.25, 0.3) is 5.70 Å². The summed E-state index contributed by atoms with van der Waals surface area (Å²) < 4.78 is 6.56. The van der Waals surface area contributed by atoms with Gasteiger partial charge in [0.15, 0.2) is 5.70 Å². The summed E-state index contributed by atoms with van der Waals surface area (Å²) in [6.07, 6.45) is 2.38. The SMILES string of the molecule is CCOc1cn(C2=C(C(=O)O)N3C(=O)C[C@H]3C2)nn1. The topological polar surface area (TPSA) is 97.6 Å². The molecule has 1 aromatic heterocycles. The van der Waals surface area contributed by atoms with Crippen LogP contribution < -0.4 is 4.74 Å². The molecule has 19 heavy (non-hydrogen) atoms. The van der Waals surface area contributed by atoms with Gasteiger partial charge in [0, 0.05) is 12.8 Å². The van der Waals surface area contributed by atoms with E-state index in [2.05, 4.69) is 10.3 Å². The van der Waals surface area contributed by atoms with Crippen LogP contribution in [0.5, 0.6) is 5.88 Å². The predicted molar refractivity (Wildman–Crippen MR) is 61.9 cm³/mol. The molecule has 100 valence electrons. The quantitative estimate of drug-likeness (QED) is 0.765. The van der Waals surface area contributed by atoms with Crippen LogP contribution in [0.4, 0.5) is 0 Å². The van der Waals surface area contributed by atoms with E-state index in [0.717, 1.165) is 0 Å². The van der Waals surface area contributed by atoms with Crippen molar-refractivity contribution in [1.82, 2.24) is 19.9 Å². The van der Waals surface area contributed by atoms with E-state index < -0.39 is 5.97 Å². The van der Waals surface area contributed by atoms with Gasteiger partial charge in [-0.15, -0.1) is 0 Å². The van der Waals surface area contributed by atoms with Crippen molar-refractivity contribution in [3.05, 3.63) is 11.9 Å². The van der Waals surface area contributed by atoms with Gasteiger partial charge in [0.2, 0.25) is 5.91 Å². The molecule has 2 aliphatic heterocycles. The Labute approximate surface area is 108 Å². The lowest BCUT2D eigenvalue weighted by atomic mass is 10.0. The molecule has 1 fully saturated rings. The summed E-state index contributed by atoms with van der Waals surface area (Å²) in [5, 5.41) is 16.9. The standard InChI is InChI=1S/C11H12N4O4/c1-2-19-8-5-14(13-12-8)7-3-6-4-9(16)15(6)10(7)11(17)18/h5-6H,2-4H2,1H3,(H,17,18)/t6-/m1/s1. The number of amides is 1. The number of carboxylic acids is 1. The molecule has 1 saturated heterocycles. The first-order valence-corrected chi connectivity index (χ1v) is 5.95. The second kappa shape index (κ2) is 4.08. The third-order valence-corrected chi connectivity index (χ3v) is 3.23. The Balaban J connectivity index is 1.98. The average molecular weight is 264 g/mol. The van der Waals surface area contributed by atoms with E-state index in [4.69, 9.17) is 4.74 Å². The lowest BCUT2D eigenvalue weighted by Gasteiger charge is -2.34. The fourth-order valence-electron chi connectivity index (χ4n) is 2.43. The van der Waals surface area contributed by atoms with Crippen LogP contribution in [-0.4, -0.2) is 49.5 Å². The van der Waals surface area contributed by atoms with Gasteiger partial charge in [0.1, 0.15) is 0 Å². The molecule has 3 heterocycles. The zero-order valence-corrected chi connectivity index (χ0v) is 10.2. The summed E-state index contributed by atoms with van der Waals surface area (Å²) in [7, 11) is 0. The van der Waals surface area contributed by atoms with Gasteiger partial charge in [-0.25, -0.2) is 9.48 Å². The molecular weight excluding hydrogens is 252 g/mol. The second-order valence-corrected chi connectivity index (χ2v) is 4.36. The molecule has 0 unspecified atom stereocenters. The van der Waals surface area contributed by atoms with Crippen LogP contribution in [0.2, 0.25) is 0 Å². The third kappa shape index (κ3) is 1.67. The van der Waals surface area contributed by atoms with Gasteiger partial charge in [-0.05, 0) is 6.92 Å². The second-order valence-electron chi connectivity index (χ2n) is 4.36. The van der Waals surface area contributed by atoms with E-state index in [1.807, 2.05) is 6.92 Å². The fraction of sp³-hybridized carbons (Fsp3) is 0.455. The Morgan fingerprint density at radius 1 is 1.58 bits per heavy atom. The maximum absolute atomic E-state index is 11.5. The van der Waals surface area contributed by atoms with E-state index in [0.29, 0.717) is 31.0 Å². The number of carbonyl (C=O) groups is 2. The fourth-order valence-corrected chi connectivity index (χ4v) is 2.43. The summed E-state index contributed by atoms with van der Waals surface area (Å²) in [5.74, 6) is -0.957. The van der Waals surface area contributed by atoms with Crippen molar-refractivity contribution in [2.75, 3.05) is 6.61 Å². The molecule has 8 nitrogen and oxygen atoms in total. The van der Waals surface area contributed by atoms with Crippen molar-refractivity contribution in [3.8, 4) is 5.88 Å².